The lowest BCUT2D eigenvalue weighted by atomic mass is 9.96. The predicted molar refractivity (Wildman–Crippen MR) is 85.2 cm³/mol. The van der Waals surface area contributed by atoms with E-state index >= 15 is 0 Å². The zero-order chi connectivity index (χ0) is 14.1. The highest BCUT2D eigenvalue weighted by atomic mass is 79.9. The van der Waals surface area contributed by atoms with Crippen LogP contribution in [-0.4, -0.2) is 6.04 Å². The van der Waals surface area contributed by atoms with Crippen molar-refractivity contribution in [2.24, 2.45) is 0 Å². The number of para-hydroxylation sites is 1. The zero-order valence-corrected chi connectivity index (χ0v) is 12.9. The molecule has 0 saturated carbocycles. The van der Waals surface area contributed by atoms with E-state index in [1.807, 2.05) is 18.2 Å². The molecule has 0 fully saturated rings. The van der Waals surface area contributed by atoms with Gasteiger partial charge in [0.1, 0.15) is 6.07 Å². The molecule has 2 aromatic carbocycles. The van der Waals surface area contributed by atoms with Crippen LogP contribution in [0.1, 0.15) is 24.5 Å². The Balaban J connectivity index is 2.10. The van der Waals surface area contributed by atoms with Crippen molar-refractivity contribution in [1.82, 2.24) is 0 Å². The number of rotatable bonds is 1. The van der Waals surface area contributed by atoms with Crippen molar-refractivity contribution in [1.29, 1.82) is 5.26 Å². The Bertz CT molecular complexity index is 688. The molecule has 3 rings (SSSR count). The predicted octanol–water partition coefficient (Wildman–Crippen LogP) is 4.79. The van der Waals surface area contributed by atoms with Crippen LogP contribution in [0.3, 0.4) is 0 Å². The van der Waals surface area contributed by atoms with Gasteiger partial charge in [0.05, 0.1) is 5.56 Å². The number of nitriles is 1. The molecule has 20 heavy (non-hydrogen) atoms. The number of anilines is 2. The quantitative estimate of drug-likeness (QED) is 0.753. The van der Waals surface area contributed by atoms with E-state index in [0.29, 0.717) is 11.6 Å². The number of hydrogen-bond donors (Lipinski definition) is 0. The molecule has 0 saturated heterocycles. The molecule has 1 unspecified atom stereocenters. The molecule has 3 heteroatoms. The molecule has 0 radical (unpaired) electrons. The van der Waals surface area contributed by atoms with Crippen molar-refractivity contribution < 1.29 is 0 Å². The molecule has 0 amide bonds. The fraction of sp³-hybridized carbons (Fsp3) is 0.235. The van der Waals surface area contributed by atoms with Crippen molar-refractivity contribution in [3.8, 4) is 6.07 Å². The fourth-order valence-corrected chi connectivity index (χ4v) is 3.28. The minimum absolute atomic E-state index is 0.463. The van der Waals surface area contributed by atoms with E-state index in [4.69, 9.17) is 5.26 Å². The molecule has 0 aliphatic carbocycles. The molecule has 2 nitrogen and oxygen atoms in total. The van der Waals surface area contributed by atoms with Crippen LogP contribution in [0, 0.1) is 11.3 Å². The molecule has 0 spiro atoms. The van der Waals surface area contributed by atoms with Crippen molar-refractivity contribution in [3.63, 3.8) is 0 Å². The van der Waals surface area contributed by atoms with Crippen molar-refractivity contribution in [2.75, 3.05) is 4.90 Å². The maximum atomic E-state index is 9.04. The molecule has 0 aromatic heterocycles. The first-order valence-electron chi connectivity index (χ1n) is 6.77. The van der Waals surface area contributed by atoms with Crippen LogP contribution in [0.2, 0.25) is 0 Å². The summed E-state index contributed by atoms with van der Waals surface area (Å²) in [6, 6.07) is 17.2. The summed E-state index contributed by atoms with van der Waals surface area (Å²) in [5.74, 6) is 0. The van der Waals surface area contributed by atoms with Gasteiger partial charge in [-0.1, -0.05) is 18.2 Å². The van der Waals surface area contributed by atoms with Gasteiger partial charge >= 0.3 is 0 Å². The molecule has 0 bridgehead atoms. The van der Waals surface area contributed by atoms with E-state index in [2.05, 4.69) is 58.1 Å². The van der Waals surface area contributed by atoms with E-state index in [1.54, 1.807) is 0 Å². The van der Waals surface area contributed by atoms with Gasteiger partial charge in [0.15, 0.2) is 0 Å². The average Bonchev–Trinajstić information content (AvgIpc) is 2.47. The number of hydrogen-bond acceptors (Lipinski definition) is 2. The Labute approximate surface area is 127 Å². The second-order valence-electron chi connectivity index (χ2n) is 5.16. The lowest BCUT2D eigenvalue weighted by molar-refractivity contribution is 0.618. The van der Waals surface area contributed by atoms with Gasteiger partial charge < -0.3 is 4.90 Å². The molecule has 1 heterocycles. The Hall–Kier alpha value is -1.79. The summed E-state index contributed by atoms with van der Waals surface area (Å²) >= 11 is 3.48. The first-order chi connectivity index (χ1) is 9.70. The zero-order valence-electron chi connectivity index (χ0n) is 11.3. The summed E-state index contributed by atoms with van der Waals surface area (Å²) in [6.45, 7) is 2.25. The first-order valence-corrected chi connectivity index (χ1v) is 7.57. The number of aryl methyl sites for hydroxylation is 1. The van der Waals surface area contributed by atoms with Gasteiger partial charge in [-0.15, -0.1) is 0 Å². The van der Waals surface area contributed by atoms with Gasteiger partial charge in [0.25, 0.3) is 0 Å². The second-order valence-corrected chi connectivity index (χ2v) is 6.02. The number of benzene rings is 2. The van der Waals surface area contributed by atoms with Gasteiger partial charge in [0, 0.05) is 21.9 Å². The van der Waals surface area contributed by atoms with E-state index in [9.17, 15) is 0 Å². The lowest BCUT2D eigenvalue weighted by Gasteiger charge is -2.37. The molecule has 0 N–H and O–H groups in total. The van der Waals surface area contributed by atoms with Gasteiger partial charge in [-0.2, -0.15) is 5.26 Å². The standard InChI is InChI=1S/C17H15BrN2/c1-12-6-7-13-4-2-3-5-17(13)20(12)15-9-8-14(11-19)16(18)10-15/h2-5,8-10,12H,6-7H2,1H3. The van der Waals surface area contributed by atoms with Crippen LogP contribution in [-0.2, 0) is 6.42 Å². The monoisotopic (exact) mass is 326 g/mol. The third-order valence-electron chi connectivity index (χ3n) is 3.87. The van der Waals surface area contributed by atoms with Crippen LogP contribution >= 0.6 is 15.9 Å². The maximum absolute atomic E-state index is 9.04. The lowest BCUT2D eigenvalue weighted by Crippen LogP contribution is -2.33. The molecular weight excluding hydrogens is 312 g/mol. The maximum Gasteiger partial charge on any atom is 0.100 e. The van der Waals surface area contributed by atoms with Crippen LogP contribution in [0.5, 0.6) is 0 Å². The van der Waals surface area contributed by atoms with Crippen molar-refractivity contribution in [2.45, 2.75) is 25.8 Å². The largest absolute Gasteiger partial charge is 0.338 e. The third kappa shape index (κ3) is 2.21. The van der Waals surface area contributed by atoms with Gasteiger partial charge in [-0.3, -0.25) is 0 Å². The van der Waals surface area contributed by atoms with Crippen LogP contribution < -0.4 is 4.90 Å². The summed E-state index contributed by atoms with van der Waals surface area (Å²) in [5, 5.41) is 9.04. The van der Waals surface area contributed by atoms with E-state index in [0.717, 1.165) is 23.0 Å². The highest BCUT2D eigenvalue weighted by Gasteiger charge is 2.24. The molecule has 1 aliphatic heterocycles. The SMILES string of the molecule is CC1CCc2ccccc2N1c1ccc(C#N)c(Br)c1. The summed E-state index contributed by atoms with van der Waals surface area (Å²) in [6.07, 6.45) is 2.28. The van der Waals surface area contributed by atoms with Gasteiger partial charge in [-0.25, -0.2) is 0 Å². The molecule has 1 aliphatic rings. The summed E-state index contributed by atoms with van der Waals surface area (Å²) in [5.41, 5.74) is 4.48. The highest BCUT2D eigenvalue weighted by molar-refractivity contribution is 9.10. The molecule has 100 valence electrons. The molecular formula is C17H15BrN2. The van der Waals surface area contributed by atoms with Gasteiger partial charge in [0.2, 0.25) is 0 Å². The first kappa shape index (κ1) is 13.2. The second kappa shape index (κ2) is 5.30. The van der Waals surface area contributed by atoms with E-state index in [-0.39, 0.29) is 0 Å². The Morgan fingerprint density at radius 3 is 2.80 bits per heavy atom. The minimum atomic E-state index is 0.463. The number of fused-ring (bicyclic) bond motifs is 1. The highest BCUT2D eigenvalue weighted by Crippen LogP contribution is 2.37. The minimum Gasteiger partial charge on any atom is -0.338 e. The number of halogens is 1. The topological polar surface area (TPSA) is 27.0 Å². The molecule has 1 atom stereocenters. The van der Waals surface area contributed by atoms with Crippen LogP contribution in [0.25, 0.3) is 0 Å². The Morgan fingerprint density at radius 1 is 1.25 bits per heavy atom. The summed E-state index contributed by atoms with van der Waals surface area (Å²) < 4.78 is 0.854. The average molecular weight is 327 g/mol. The van der Waals surface area contributed by atoms with Crippen LogP contribution in [0.15, 0.2) is 46.9 Å². The van der Waals surface area contributed by atoms with Crippen molar-refractivity contribution >= 4 is 27.3 Å². The Morgan fingerprint density at radius 2 is 2.05 bits per heavy atom. The van der Waals surface area contributed by atoms with Crippen molar-refractivity contribution in [3.05, 3.63) is 58.1 Å². The summed E-state index contributed by atoms with van der Waals surface area (Å²) in [4.78, 5) is 2.37. The number of nitrogens with zero attached hydrogens (tertiary/aromatic N) is 2. The smallest absolute Gasteiger partial charge is 0.100 e. The molecule has 2 aromatic rings. The van der Waals surface area contributed by atoms with Gasteiger partial charge in [-0.05, 0) is 65.5 Å². The van der Waals surface area contributed by atoms with E-state index < -0.39 is 0 Å². The van der Waals surface area contributed by atoms with Crippen LogP contribution in [0.4, 0.5) is 11.4 Å². The fourth-order valence-electron chi connectivity index (χ4n) is 2.83. The normalized spacial score (nSPS) is 17.4. The third-order valence-corrected chi connectivity index (χ3v) is 4.53. The van der Waals surface area contributed by atoms with E-state index in [1.165, 1.54) is 11.3 Å². The Kier molecular flexibility index (Phi) is 3.50. The summed E-state index contributed by atoms with van der Waals surface area (Å²) in [7, 11) is 0.